The first-order valence-electron chi connectivity index (χ1n) is 33.5. The summed E-state index contributed by atoms with van der Waals surface area (Å²) in [5.41, 5.74) is 0. The Morgan fingerprint density at radius 1 is 0.145 bits per heavy atom. The van der Waals surface area contributed by atoms with Gasteiger partial charge in [0.15, 0.2) is 0 Å². The van der Waals surface area contributed by atoms with Crippen molar-refractivity contribution in [2.24, 2.45) is 0 Å². The average molecular weight is 1010 g/mol. The Labute approximate surface area is 441 Å². The maximum Gasteiger partial charge on any atom is 0.216 e. The van der Waals surface area contributed by atoms with E-state index in [-0.39, 0.29) is 0 Å². The minimum atomic E-state index is -1.39. The standard InChI is InChI=1S/C66H138NP2/c1-7-13-19-25-31-37-43-49-55-61-68(62-56-50-44-38-32-26-20-14-8-2,63-57-51-45-39-33-27-21-15-9-3)67-69(64-58-52-46-40-34-28-22-16-10-4,65-59-53-47-41-35-29-23-17-11-5)66-60-54-48-42-36-30-24-18-12-6/h7-66H2,1-6H3/q+1. The molecule has 0 atom stereocenters. The van der Waals surface area contributed by atoms with Gasteiger partial charge in [0, 0.05) is 37.0 Å². The number of hydrogen-bond donors (Lipinski definition) is 0. The molecular formula is C66H138NP2+. The van der Waals surface area contributed by atoms with Crippen molar-refractivity contribution < 1.29 is 0 Å². The van der Waals surface area contributed by atoms with Crippen LogP contribution in [-0.4, -0.2) is 37.0 Å². The Balaban J connectivity index is 6.94. The second-order valence-corrected chi connectivity index (χ2v) is 31.4. The van der Waals surface area contributed by atoms with Crippen LogP contribution in [0.25, 0.3) is 0 Å². The monoisotopic (exact) mass is 1010 g/mol. The Morgan fingerprint density at radius 3 is 0.362 bits per heavy atom. The second kappa shape index (κ2) is 57.8. The molecule has 0 aromatic carbocycles. The first-order chi connectivity index (χ1) is 34.1. The largest absolute Gasteiger partial charge is 0.216 e. The molecule has 0 saturated heterocycles. The summed E-state index contributed by atoms with van der Waals surface area (Å²) < 4.78 is 6.97. The summed E-state index contributed by atoms with van der Waals surface area (Å²) in [6, 6.07) is 0. The molecule has 0 heterocycles. The summed E-state index contributed by atoms with van der Waals surface area (Å²) in [6.45, 7) is 14.2. The molecule has 0 aliphatic carbocycles. The summed E-state index contributed by atoms with van der Waals surface area (Å²) >= 11 is 0. The van der Waals surface area contributed by atoms with Crippen LogP contribution in [0.15, 0.2) is 0 Å². The Hall–Kier alpha value is 0.570. The van der Waals surface area contributed by atoms with Crippen molar-refractivity contribution in [2.45, 2.75) is 388 Å². The van der Waals surface area contributed by atoms with Crippen LogP contribution < -0.4 is 4.17 Å². The topological polar surface area (TPSA) is 14.1 Å². The molecule has 0 bridgehead atoms. The zero-order chi connectivity index (χ0) is 50.1. The summed E-state index contributed by atoms with van der Waals surface area (Å²) in [6.07, 6.45) is 88.2. The number of nitrogens with zero attached hydrogens (tertiary/aromatic N) is 1. The molecule has 0 aromatic heterocycles. The molecule has 3 heteroatoms. The minimum Gasteiger partial charge on any atom is -0.176 e. The van der Waals surface area contributed by atoms with Gasteiger partial charge < -0.3 is 0 Å². The van der Waals surface area contributed by atoms with Gasteiger partial charge in [-0.1, -0.05) is 350 Å². The fourth-order valence-electron chi connectivity index (χ4n) is 11.6. The number of unbranched alkanes of at least 4 members (excludes halogenated alkanes) is 48. The van der Waals surface area contributed by atoms with E-state index < -0.39 is 14.1 Å². The van der Waals surface area contributed by atoms with Crippen molar-refractivity contribution >= 4 is 14.1 Å². The third-order valence-electron chi connectivity index (χ3n) is 16.4. The van der Waals surface area contributed by atoms with Gasteiger partial charge in [0.2, 0.25) is 14.1 Å². The van der Waals surface area contributed by atoms with E-state index in [1.807, 2.05) is 0 Å². The SMILES string of the molecule is CCCCCCCCCCCP(CCCCCCCCCCC)(CCCCCCCCCCC)=[N+]=P(CCCCCCCCCCC)(CCCCCCCCCCC)CCCCCCCCCCC. The van der Waals surface area contributed by atoms with E-state index in [0.29, 0.717) is 0 Å². The highest BCUT2D eigenvalue weighted by Gasteiger charge is 2.35. The Morgan fingerprint density at radius 2 is 0.246 bits per heavy atom. The molecule has 0 aliphatic rings. The lowest BCUT2D eigenvalue weighted by atomic mass is 10.1. The third-order valence-corrected chi connectivity index (χ3v) is 26.4. The maximum atomic E-state index is 6.97. The molecule has 0 spiro atoms. The molecular weight excluding hydrogens is 869 g/mol. The molecule has 0 unspecified atom stereocenters. The molecule has 0 aromatic rings. The van der Waals surface area contributed by atoms with Crippen LogP contribution in [0.4, 0.5) is 0 Å². The zero-order valence-corrected chi connectivity index (χ0v) is 51.6. The van der Waals surface area contributed by atoms with Gasteiger partial charge in [-0.15, -0.1) is 0 Å². The molecule has 416 valence electrons. The molecule has 0 fully saturated rings. The van der Waals surface area contributed by atoms with Crippen LogP contribution in [-0.2, 0) is 0 Å². The van der Waals surface area contributed by atoms with Crippen molar-refractivity contribution in [3.05, 3.63) is 0 Å². The molecule has 1 nitrogen and oxygen atoms in total. The van der Waals surface area contributed by atoms with Crippen molar-refractivity contribution in [2.75, 3.05) is 37.0 Å². The number of hydrogen-bond acceptors (Lipinski definition) is 0. The van der Waals surface area contributed by atoms with Crippen molar-refractivity contribution in [3.8, 4) is 0 Å². The van der Waals surface area contributed by atoms with Gasteiger partial charge in [-0.25, -0.2) is 0 Å². The molecule has 0 radical (unpaired) electrons. The van der Waals surface area contributed by atoms with E-state index in [2.05, 4.69) is 41.5 Å². The molecule has 0 aliphatic heterocycles. The fraction of sp³-hybridized carbons (Fsp3) is 1.00. The van der Waals surface area contributed by atoms with Gasteiger partial charge in [-0.2, -0.15) is 4.17 Å². The number of rotatable bonds is 60. The highest BCUT2D eigenvalue weighted by molar-refractivity contribution is 7.73. The summed E-state index contributed by atoms with van der Waals surface area (Å²) in [7, 11) is -2.77. The van der Waals surface area contributed by atoms with Crippen LogP contribution >= 0.6 is 14.1 Å². The molecule has 0 saturated carbocycles. The van der Waals surface area contributed by atoms with Gasteiger partial charge in [0.1, 0.15) is 0 Å². The van der Waals surface area contributed by atoms with Gasteiger partial charge in [-0.05, 0) is 38.5 Å². The summed E-state index contributed by atoms with van der Waals surface area (Å²) in [5.74, 6) is 0. The molecule has 69 heavy (non-hydrogen) atoms. The van der Waals surface area contributed by atoms with Crippen LogP contribution in [0, 0.1) is 0 Å². The van der Waals surface area contributed by atoms with E-state index in [1.54, 1.807) is 0 Å². The predicted octanol–water partition coefficient (Wildman–Crippen LogP) is 25.6. The fourth-order valence-corrected chi connectivity index (χ4v) is 23.2. The van der Waals surface area contributed by atoms with Crippen molar-refractivity contribution in [1.29, 1.82) is 0 Å². The van der Waals surface area contributed by atoms with Crippen LogP contribution in [0.5, 0.6) is 0 Å². The van der Waals surface area contributed by atoms with Gasteiger partial charge >= 0.3 is 0 Å². The first kappa shape index (κ1) is 69.6. The minimum absolute atomic E-state index is 1.37. The van der Waals surface area contributed by atoms with E-state index in [1.165, 1.54) is 384 Å². The van der Waals surface area contributed by atoms with E-state index in [9.17, 15) is 0 Å². The Kier molecular flexibility index (Phi) is 58.3. The van der Waals surface area contributed by atoms with Crippen LogP contribution in [0.2, 0.25) is 0 Å². The first-order valence-corrected chi connectivity index (χ1v) is 38.1. The lowest BCUT2D eigenvalue weighted by Gasteiger charge is -2.20. The van der Waals surface area contributed by atoms with Gasteiger partial charge in [0.05, 0.1) is 0 Å². The second-order valence-electron chi connectivity index (χ2n) is 23.6. The molecule has 0 rings (SSSR count). The van der Waals surface area contributed by atoms with E-state index in [0.717, 1.165) is 0 Å². The normalized spacial score (nSPS) is 12.1. The smallest absolute Gasteiger partial charge is 0.176 e. The lowest BCUT2D eigenvalue weighted by molar-refractivity contribution is 0.568. The third kappa shape index (κ3) is 49.2. The quantitative estimate of drug-likeness (QED) is 0.0328. The van der Waals surface area contributed by atoms with E-state index in [4.69, 9.17) is 4.17 Å². The highest BCUT2D eigenvalue weighted by atomic mass is 31.2. The van der Waals surface area contributed by atoms with Crippen LogP contribution in [0.1, 0.15) is 388 Å². The van der Waals surface area contributed by atoms with E-state index >= 15 is 0 Å². The average Bonchev–Trinajstić information content (AvgIpc) is 3.35. The highest BCUT2D eigenvalue weighted by Crippen LogP contribution is 2.56. The maximum absolute atomic E-state index is 6.97. The molecule has 0 amide bonds. The van der Waals surface area contributed by atoms with Gasteiger partial charge in [-0.3, -0.25) is 0 Å². The molecule has 0 N–H and O–H groups in total. The summed E-state index contributed by atoms with van der Waals surface area (Å²) in [5, 5.41) is 0. The summed E-state index contributed by atoms with van der Waals surface area (Å²) in [4.78, 5) is 0. The van der Waals surface area contributed by atoms with Gasteiger partial charge in [0.25, 0.3) is 0 Å². The predicted molar refractivity (Wildman–Crippen MR) is 329 cm³/mol. The van der Waals surface area contributed by atoms with Crippen molar-refractivity contribution in [3.63, 3.8) is 0 Å². The van der Waals surface area contributed by atoms with Crippen molar-refractivity contribution in [1.82, 2.24) is 4.17 Å². The van der Waals surface area contributed by atoms with Crippen LogP contribution in [0.3, 0.4) is 0 Å². The zero-order valence-electron chi connectivity index (χ0n) is 49.8. The lowest BCUT2D eigenvalue weighted by Crippen LogP contribution is -2.10. The Bertz CT molecular complexity index is 871.